The molecule has 0 aromatic heterocycles. The molecule has 1 aromatic rings. The van der Waals surface area contributed by atoms with E-state index < -0.39 is 17.2 Å². The summed E-state index contributed by atoms with van der Waals surface area (Å²) in [6, 6.07) is 6.38. The maximum Gasteiger partial charge on any atom is 0.203 e. The molecule has 1 aliphatic rings. The predicted molar refractivity (Wildman–Crippen MR) is 69.1 cm³/mol. The minimum atomic E-state index is -2.02. The summed E-state index contributed by atoms with van der Waals surface area (Å²) in [5.74, 6) is -1.16. The van der Waals surface area contributed by atoms with E-state index in [-0.39, 0.29) is 29.8 Å². The van der Waals surface area contributed by atoms with Crippen molar-refractivity contribution >= 4 is 17.3 Å². The third-order valence-electron chi connectivity index (χ3n) is 3.15. The molecule has 0 saturated heterocycles. The lowest BCUT2D eigenvalue weighted by molar-refractivity contribution is -0.116. The SMILES string of the molecule is CC(=O)C/C=C/CC1(O)C(=O)c2ccccc2C1=O. The van der Waals surface area contributed by atoms with Gasteiger partial charge in [-0.3, -0.25) is 14.4 Å². The highest BCUT2D eigenvalue weighted by molar-refractivity contribution is 6.31. The van der Waals surface area contributed by atoms with Gasteiger partial charge >= 0.3 is 0 Å². The molecule has 2 rings (SSSR count). The van der Waals surface area contributed by atoms with Gasteiger partial charge in [-0.2, -0.15) is 0 Å². The first-order chi connectivity index (χ1) is 8.97. The zero-order valence-electron chi connectivity index (χ0n) is 10.6. The highest BCUT2D eigenvalue weighted by Crippen LogP contribution is 2.32. The van der Waals surface area contributed by atoms with Crippen molar-refractivity contribution in [3.05, 3.63) is 47.5 Å². The summed E-state index contributed by atoms with van der Waals surface area (Å²) in [5, 5.41) is 10.3. The average Bonchev–Trinajstić information content (AvgIpc) is 2.58. The lowest BCUT2D eigenvalue weighted by atomic mass is 9.93. The highest BCUT2D eigenvalue weighted by Gasteiger charge is 2.50. The van der Waals surface area contributed by atoms with Gasteiger partial charge in [0.2, 0.25) is 11.6 Å². The molecule has 0 fully saturated rings. The van der Waals surface area contributed by atoms with Crippen molar-refractivity contribution in [2.24, 2.45) is 0 Å². The van der Waals surface area contributed by atoms with E-state index in [0.29, 0.717) is 0 Å². The lowest BCUT2D eigenvalue weighted by Crippen LogP contribution is -2.40. The van der Waals surface area contributed by atoms with E-state index in [9.17, 15) is 19.5 Å². The van der Waals surface area contributed by atoms with E-state index in [4.69, 9.17) is 0 Å². The number of hydrogen-bond donors (Lipinski definition) is 1. The monoisotopic (exact) mass is 258 g/mol. The Morgan fingerprint density at radius 3 is 2.16 bits per heavy atom. The first-order valence-corrected chi connectivity index (χ1v) is 6.02. The summed E-state index contributed by atoms with van der Waals surface area (Å²) >= 11 is 0. The first-order valence-electron chi connectivity index (χ1n) is 6.02. The second-order valence-corrected chi connectivity index (χ2v) is 4.65. The van der Waals surface area contributed by atoms with Crippen molar-refractivity contribution in [3.63, 3.8) is 0 Å². The Labute approximate surface area is 110 Å². The number of carbonyl (C=O) groups is 3. The van der Waals surface area contributed by atoms with E-state index in [0.717, 1.165) is 0 Å². The molecule has 0 spiro atoms. The standard InChI is InChI=1S/C15H14O4/c1-10(16)6-4-5-9-15(19)13(17)11-7-2-3-8-12(11)14(15)18/h2-5,7-8,19H,6,9H2,1H3/b5-4+. The van der Waals surface area contributed by atoms with E-state index in [1.54, 1.807) is 18.2 Å². The molecule has 0 saturated carbocycles. The Bertz CT molecular complexity index is 549. The maximum absolute atomic E-state index is 12.1. The van der Waals surface area contributed by atoms with Crippen molar-refractivity contribution in [2.75, 3.05) is 0 Å². The fraction of sp³-hybridized carbons (Fsp3) is 0.267. The van der Waals surface area contributed by atoms with Crippen LogP contribution in [-0.4, -0.2) is 28.1 Å². The van der Waals surface area contributed by atoms with Gasteiger partial charge in [-0.25, -0.2) is 0 Å². The zero-order chi connectivity index (χ0) is 14.0. The molecule has 0 heterocycles. The van der Waals surface area contributed by atoms with E-state index in [2.05, 4.69) is 0 Å². The number of ketones is 3. The first kappa shape index (κ1) is 13.4. The molecule has 0 atom stereocenters. The molecule has 1 N–H and O–H groups in total. The summed E-state index contributed by atoms with van der Waals surface area (Å²) in [6.07, 6.45) is 3.19. The quantitative estimate of drug-likeness (QED) is 0.659. The molecule has 0 unspecified atom stereocenters. The molecular weight excluding hydrogens is 244 g/mol. The normalized spacial score (nSPS) is 16.9. The van der Waals surface area contributed by atoms with Gasteiger partial charge in [0.25, 0.3) is 0 Å². The van der Waals surface area contributed by atoms with Crippen LogP contribution in [0.1, 0.15) is 40.5 Å². The van der Waals surface area contributed by atoms with Crippen LogP contribution >= 0.6 is 0 Å². The molecule has 19 heavy (non-hydrogen) atoms. The fourth-order valence-corrected chi connectivity index (χ4v) is 2.12. The Hall–Kier alpha value is -2.07. The van der Waals surface area contributed by atoms with Crippen molar-refractivity contribution in [1.29, 1.82) is 0 Å². The smallest absolute Gasteiger partial charge is 0.203 e. The molecule has 0 radical (unpaired) electrons. The molecule has 0 bridgehead atoms. The van der Waals surface area contributed by atoms with Crippen molar-refractivity contribution < 1.29 is 19.5 Å². The minimum Gasteiger partial charge on any atom is -0.374 e. The number of Topliss-reactive ketones (excluding diaryl/α,β-unsaturated/α-hetero) is 3. The van der Waals surface area contributed by atoms with Gasteiger partial charge in [-0.1, -0.05) is 36.4 Å². The second kappa shape index (κ2) is 4.90. The molecule has 1 aromatic carbocycles. The zero-order valence-corrected chi connectivity index (χ0v) is 10.6. The van der Waals surface area contributed by atoms with Gasteiger partial charge < -0.3 is 5.11 Å². The largest absolute Gasteiger partial charge is 0.374 e. The Balaban J connectivity index is 2.22. The number of carbonyl (C=O) groups excluding carboxylic acids is 3. The summed E-state index contributed by atoms with van der Waals surface area (Å²) in [4.78, 5) is 34.9. The Kier molecular flexibility index (Phi) is 3.44. The number of hydrogen-bond acceptors (Lipinski definition) is 4. The van der Waals surface area contributed by atoms with Gasteiger partial charge in [0.15, 0.2) is 5.60 Å². The number of benzene rings is 1. The topological polar surface area (TPSA) is 71.4 Å². The Morgan fingerprint density at radius 1 is 1.16 bits per heavy atom. The van der Waals surface area contributed by atoms with E-state index in [1.807, 2.05) is 0 Å². The van der Waals surface area contributed by atoms with Crippen LogP contribution in [0, 0.1) is 0 Å². The summed E-state index contributed by atoms with van der Waals surface area (Å²) in [6.45, 7) is 1.45. The number of allylic oxidation sites excluding steroid dienone is 1. The second-order valence-electron chi connectivity index (χ2n) is 4.65. The van der Waals surface area contributed by atoms with Crippen LogP contribution in [-0.2, 0) is 4.79 Å². The van der Waals surface area contributed by atoms with E-state index >= 15 is 0 Å². The van der Waals surface area contributed by atoms with Gasteiger partial charge in [0.05, 0.1) is 0 Å². The van der Waals surface area contributed by atoms with Crippen LogP contribution in [0.15, 0.2) is 36.4 Å². The van der Waals surface area contributed by atoms with Crippen molar-refractivity contribution in [3.8, 4) is 0 Å². The van der Waals surface area contributed by atoms with Crippen LogP contribution in [0.2, 0.25) is 0 Å². The Morgan fingerprint density at radius 2 is 1.68 bits per heavy atom. The lowest BCUT2D eigenvalue weighted by Gasteiger charge is -2.16. The van der Waals surface area contributed by atoms with Crippen LogP contribution in [0.3, 0.4) is 0 Å². The van der Waals surface area contributed by atoms with Gasteiger partial charge in [0.1, 0.15) is 5.78 Å². The van der Waals surface area contributed by atoms with Crippen molar-refractivity contribution in [1.82, 2.24) is 0 Å². The van der Waals surface area contributed by atoms with Crippen molar-refractivity contribution in [2.45, 2.75) is 25.4 Å². The summed E-state index contributed by atoms with van der Waals surface area (Å²) < 4.78 is 0. The third-order valence-corrected chi connectivity index (χ3v) is 3.15. The van der Waals surface area contributed by atoms with Crippen LogP contribution < -0.4 is 0 Å². The molecule has 98 valence electrons. The van der Waals surface area contributed by atoms with E-state index in [1.165, 1.54) is 25.1 Å². The molecule has 0 aliphatic heterocycles. The number of aliphatic hydroxyl groups is 1. The summed E-state index contributed by atoms with van der Waals surface area (Å²) in [5.41, 5.74) is -1.50. The van der Waals surface area contributed by atoms with Crippen LogP contribution in [0.4, 0.5) is 0 Å². The molecule has 4 nitrogen and oxygen atoms in total. The average molecular weight is 258 g/mol. The van der Waals surface area contributed by atoms with Gasteiger partial charge in [0, 0.05) is 24.0 Å². The third kappa shape index (κ3) is 2.27. The maximum atomic E-state index is 12.1. The predicted octanol–water partition coefficient (Wildman–Crippen LogP) is 1.72. The fourth-order valence-electron chi connectivity index (χ4n) is 2.12. The molecule has 1 aliphatic carbocycles. The highest BCUT2D eigenvalue weighted by atomic mass is 16.3. The van der Waals surface area contributed by atoms with Gasteiger partial charge in [-0.15, -0.1) is 0 Å². The van der Waals surface area contributed by atoms with Crippen LogP contribution in [0.5, 0.6) is 0 Å². The minimum absolute atomic E-state index is 0.0180. The number of rotatable bonds is 4. The number of fused-ring (bicyclic) bond motifs is 1. The summed E-state index contributed by atoms with van der Waals surface area (Å²) in [7, 11) is 0. The van der Waals surface area contributed by atoms with Crippen LogP contribution in [0.25, 0.3) is 0 Å². The molecule has 0 amide bonds. The van der Waals surface area contributed by atoms with Gasteiger partial charge in [-0.05, 0) is 6.92 Å². The molecule has 4 heteroatoms. The molecular formula is C15H14O4.